The van der Waals surface area contributed by atoms with Gasteiger partial charge in [-0.25, -0.2) is 9.78 Å². The molecule has 3 heterocycles. The first-order chi connectivity index (χ1) is 18.9. The molecular formula is C30H29N5O4. The normalized spacial score (nSPS) is 16.0. The van der Waals surface area contributed by atoms with E-state index in [1.165, 1.54) is 0 Å². The molecule has 5 aromatic rings. The first kappa shape index (κ1) is 24.7. The van der Waals surface area contributed by atoms with Gasteiger partial charge in [0.1, 0.15) is 11.2 Å². The average Bonchev–Trinajstić information content (AvgIpc) is 3.51. The van der Waals surface area contributed by atoms with Gasteiger partial charge in [-0.15, -0.1) is 0 Å². The van der Waals surface area contributed by atoms with Gasteiger partial charge >= 0.3 is 6.09 Å². The topological polar surface area (TPSA) is 113 Å². The molecule has 1 fully saturated rings. The summed E-state index contributed by atoms with van der Waals surface area (Å²) >= 11 is 0. The fourth-order valence-electron chi connectivity index (χ4n) is 5.37. The zero-order valence-corrected chi connectivity index (χ0v) is 21.6. The molecule has 1 aliphatic heterocycles. The number of hydrogen-bond donors (Lipinski definition) is 3. The molecule has 3 N–H and O–H groups in total. The number of amides is 2. The molecule has 0 saturated carbocycles. The van der Waals surface area contributed by atoms with Crippen LogP contribution in [0.15, 0.2) is 77.6 Å². The Morgan fingerprint density at radius 1 is 1.08 bits per heavy atom. The van der Waals surface area contributed by atoms with Gasteiger partial charge in [-0.1, -0.05) is 18.2 Å². The summed E-state index contributed by atoms with van der Waals surface area (Å²) < 4.78 is 7.90. The van der Waals surface area contributed by atoms with Crippen LogP contribution in [0.1, 0.15) is 34.5 Å². The smallest absolute Gasteiger partial charge is 0.404 e. The maximum absolute atomic E-state index is 13.3. The monoisotopic (exact) mass is 523 g/mol. The molecule has 6 rings (SSSR count). The number of para-hydroxylation sites is 1. The van der Waals surface area contributed by atoms with Gasteiger partial charge in [0.25, 0.3) is 5.91 Å². The summed E-state index contributed by atoms with van der Waals surface area (Å²) in [7, 11) is 0. The van der Waals surface area contributed by atoms with Crippen molar-refractivity contribution in [3.8, 4) is 5.69 Å². The summed E-state index contributed by atoms with van der Waals surface area (Å²) in [5.74, 6) is -0.231. The fourth-order valence-corrected chi connectivity index (χ4v) is 5.37. The van der Waals surface area contributed by atoms with Crippen molar-refractivity contribution in [2.45, 2.75) is 32.4 Å². The number of carboxylic acid groups (broad SMARTS) is 1. The van der Waals surface area contributed by atoms with E-state index in [1.54, 1.807) is 12.4 Å². The third kappa shape index (κ3) is 5.35. The maximum Gasteiger partial charge on any atom is 0.404 e. The molecule has 9 heteroatoms. The van der Waals surface area contributed by atoms with Gasteiger partial charge in [-0.05, 0) is 74.3 Å². The minimum atomic E-state index is -0.995. The third-order valence-electron chi connectivity index (χ3n) is 7.13. The lowest BCUT2D eigenvalue weighted by Crippen LogP contribution is -2.46. The summed E-state index contributed by atoms with van der Waals surface area (Å²) in [6.07, 6.45) is 4.44. The van der Waals surface area contributed by atoms with Crippen LogP contribution in [0.3, 0.4) is 0 Å². The highest BCUT2D eigenvalue weighted by Gasteiger charge is 2.22. The van der Waals surface area contributed by atoms with E-state index in [9.17, 15) is 9.59 Å². The van der Waals surface area contributed by atoms with E-state index in [0.29, 0.717) is 29.9 Å². The van der Waals surface area contributed by atoms with Crippen LogP contribution in [0.25, 0.3) is 27.6 Å². The number of fused-ring (bicyclic) bond motifs is 3. The molecule has 1 aliphatic rings. The van der Waals surface area contributed by atoms with Crippen molar-refractivity contribution >= 4 is 39.6 Å². The highest BCUT2D eigenvalue weighted by atomic mass is 16.4. The Morgan fingerprint density at radius 3 is 2.74 bits per heavy atom. The Labute approximate surface area is 225 Å². The quantitative estimate of drug-likeness (QED) is 0.268. The van der Waals surface area contributed by atoms with Crippen LogP contribution in [-0.4, -0.2) is 50.7 Å². The van der Waals surface area contributed by atoms with Gasteiger partial charge < -0.3 is 24.7 Å². The van der Waals surface area contributed by atoms with Gasteiger partial charge in [0.15, 0.2) is 0 Å². The number of nitrogens with zero attached hydrogens (tertiary/aromatic N) is 3. The fraction of sp³-hybridized carbons (Fsp3) is 0.233. The number of hydrogen-bond acceptors (Lipinski definition) is 5. The van der Waals surface area contributed by atoms with Crippen LogP contribution >= 0.6 is 0 Å². The summed E-state index contributed by atoms with van der Waals surface area (Å²) in [6, 6.07) is 19.2. The third-order valence-corrected chi connectivity index (χ3v) is 7.13. The van der Waals surface area contributed by atoms with E-state index in [-0.39, 0.29) is 11.9 Å². The van der Waals surface area contributed by atoms with Crippen molar-refractivity contribution in [3.05, 3.63) is 90.0 Å². The number of piperidine rings is 1. The molecule has 0 spiro atoms. The van der Waals surface area contributed by atoms with Crippen molar-refractivity contribution in [2.24, 2.45) is 0 Å². The van der Waals surface area contributed by atoms with Gasteiger partial charge in [0, 0.05) is 53.0 Å². The minimum Gasteiger partial charge on any atom is -0.465 e. The highest BCUT2D eigenvalue weighted by Crippen LogP contribution is 2.29. The summed E-state index contributed by atoms with van der Waals surface area (Å²) in [6.45, 7) is 4.08. The van der Waals surface area contributed by atoms with E-state index in [0.717, 1.165) is 52.7 Å². The van der Waals surface area contributed by atoms with Crippen molar-refractivity contribution in [3.63, 3.8) is 0 Å². The Morgan fingerprint density at radius 2 is 1.92 bits per heavy atom. The number of furan rings is 1. The van der Waals surface area contributed by atoms with Crippen LogP contribution in [-0.2, 0) is 6.54 Å². The predicted molar refractivity (Wildman–Crippen MR) is 149 cm³/mol. The molecule has 0 bridgehead atoms. The Hall–Kier alpha value is -4.63. The lowest BCUT2D eigenvalue weighted by Gasteiger charge is -2.32. The van der Waals surface area contributed by atoms with Gasteiger partial charge in [-0.3, -0.25) is 9.69 Å². The second-order valence-corrected chi connectivity index (χ2v) is 10.1. The summed E-state index contributed by atoms with van der Waals surface area (Å²) in [4.78, 5) is 31.1. The number of benzene rings is 3. The SMILES string of the molecule is Cc1cn(-c2cc(CN3CCC[C@H](NC(=O)O)C3)cc(NC(=O)c3ccc4c(c3)oc3ccccc34)c2)cn1. The molecule has 9 nitrogen and oxygen atoms in total. The van der Waals surface area contributed by atoms with Gasteiger partial charge in [-0.2, -0.15) is 0 Å². The number of anilines is 1. The van der Waals surface area contributed by atoms with Crippen molar-refractivity contribution in [1.29, 1.82) is 0 Å². The molecule has 2 amide bonds. The number of carbonyl (C=O) groups excluding carboxylic acids is 1. The van der Waals surface area contributed by atoms with Crippen LogP contribution in [0, 0.1) is 6.92 Å². The van der Waals surface area contributed by atoms with Gasteiger partial charge in [0.05, 0.1) is 12.0 Å². The standard InChI is InChI=1S/C30H29N5O4/c1-19-15-35(18-31-19)24-12-20(16-34-10-4-5-22(17-34)33-30(37)38)11-23(14-24)32-29(36)21-8-9-26-25-6-2-3-7-27(25)39-28(26)13-21/h2-3,6-9,11-15,18,22,33H,4-5,10,16-17H2,1H3,(H,32,36)(H,37,38)/t22-/m0/s1. The number of carbonyl (C=O) groups is 2. The molecule has 0 radical (unpaired) electrons. The summed E-state index contributed by atoms with van der Waals surface area (Å²) in [5.41, 5.74) is 5.42. The largest absolute Gasteiger partial charge is 0.465 e. The number of nitrogens with one attached hydrogen (secondary N) is 2. The maximum atomic E-state index is 13.3. The lowest BCUT2D eigenvalue weighted by atomic mass is 10.0. The van der Waals surface area contributed by atoms with E-state index in [1.807, 2.05) is 66.2 Å². The van der Waals surface area contributed by atoms with Crippen LogP contribution < -0.4 is 10.6 Å². The molecular weight excluding hydrogens is 494 g/mol. The zero-order chi connectivity index (χ0) is 26.9. The molecule has 198 valence electrons. The molecule has 39 heavy (non-hydrogen) atoms. The Kier molecular flexibility index (Phi) is 6.50. The number of aryl methyl sites for hydroxylation is 1. The molecule has 3 aromatic carbocycles. The lowest BCUT2D eigenvalue weighted by molar-refractivity contribution is 0.102. The zero-order valence-electron chi connectivity index (χ0n) is 21.6. The number of likely N-dealkylation sites (tertiary alicyclic amines) is 1. The average molecular weight is 524 g/mol. The van der Waals surface area contributed by atoms with Crippen molar-refractivity contribution in [2.75, 3.05) is 18.4 Å². The van der Waals surface area contributed by atoms with Crippen LogP contribution in [0.5, 0.6) is 0 Å². The molecule has 0 unspecified atom stereocenters. The molecule has 1 saturated heterocycles. The number of rotatable bonds is 6. The molecule has 0 aliphatic carbocycles. The molecule has 2 aromatic heterocycles. The van der Waals surface area contributed by atoms with Crippen molar-refractivity contribution in [1.82, 2.24) is 19.8 Å². The number of imidazole rings is 1. The second-order valence-electron chi connectivity index (χ2n) is 10.1. The van der Waals surface area contributed by atoms with E-state index >= 15 is 0 Å². The Bertz CT molecular complexity index is 1690. The van der Waals surface area contributed by atoms with Gasteiger partial charge in [0.2, 0.25) is 0 Å². The summed E-state index contributed by atoms with van der Waals surface area (Å²) in [5, 5.41) is 16.8. The van der Waals surface area contributed by atoms with Crippen LogP contribution in [0.2, 0.25) is 0 Å². The van der Waals surface area contributed by atoms with E-state index < -0.39 is 6.09 Å². The van der Waals surface area contributed by atoms with Crippen molar-refractivity contribution < 1.29 is 19.1 Å². The first-order valence-electron chi connectivity index (χ1n) is 13.0. The predicted octanol–water partition coefficient (Wildman–Crippen LogP) is 5.56. The minimum absolute atomic E-state index is 0.0944. The second kappa shape index (κ2) is 10.3. The highest BCUT2D eigenvalue weighted by molar-refractivity contribution is 6.10. The van der Waals surface area contributed by atoms with Crippen LogP contribution in [0.4, 0.5) is 10.5 Å². The van der Waals surface area contributed by atoms with E-state index in [2.05, 4.69) is 26.6 Å². The molecule has 1 atom stereocenters. The van der Waals surface area contributed by atoms with E-state index in [4.69, 9.17) is 9.52 Å². The first-order valence-corrected chi connectivity index (χ1v) is 13.0. The Balaban J connectivity index is 1.27. The number of aromatic nitrogens is 2.